The van der Waals surface area contributed by atoms with E-state index in [1.54, 1.807) is 7.11 Å². The molecule has 21 heavy (non-hydrogen) atoms. The highest BCUT2D eigenvalue weighted by Crippen LogP contribution is 2.39. The number of methoxy groups -OCH3 is 1. The average molecular weight is 291 g/mol. The molecule has 0 amide bonds. The summed E-state index contributed by atoms with van der Waals surface area (Å²) in [6, 6.07) is 6.66. The monoisotopic (exact) mass is 291 g/mol. The Morgan fingerprint density at radius 3 is 2.62 bits per heavy atom. The summed E-state index contributed by atoms with van der Waals surface area (Å²) in [7, 11) is 1.64. The summed E-state index contributed by atoms with van der Waals surface area (Å²) >= 11 is 0. The molecule has 4 nitrogen and oxygen atoms in total. The molecule has 4 unspecified atom stereocenters. The van der Waals surface area contributed by atoms with Crippen molar-refractivity contribution in [3.63, 3.8) is 0 Å². The van der Waals surface area contributed by atoms with Gasteiger partial charge in [0, 0.05) is 17.6 Å². The van der Waals surface area contributed by atoms with Crippen LogP contribution >= 0.6 is 0 Å². The lowest BCUT2D eigenvalue weighted by molar-refractivity contribution is -0.0471. The molecule has 0 spiro atoms. The van der Waals surface area contributed by atoms with Crippen LogP contribution in [0.15, 0.2) is 18.2 Å². The molecule has 0 aliphatic carbocycles. The van der Waals surface area contributed by atoms with Gasteiger partial charge in [-0.25, -0.2) is 0 Å². The molecule has 2 aliphatic rings. The lowest BCUT2D eigenvalue weighted by Crippen LogP contribution is -2.55. The first kappa shape index (κ1) is 14.7. The second-order valence-electron chi connectivity index (χ2n) is 6.30. The van der Waals surface area contributed by atoms with E-state index < -0.39 is 6.10 Å². The van der Waals surface area contributed by atoms with Gasteiger partial charge in [0.2, 0.25) is 0 Å². The lowest BCUT2D eigenvalue weighted by Gasteiger charge is -2.47. The molecular weight excluding hydrogens is 266 g/mol. The van der Waals surface area contributed by atoms with Gasteiger partial charge in [-0.3, -0.25) is 4.90 Å². The van der Waals surface area contributed by atoms with E-state index >= 15 is 0 Å². The number of rotatable bonds is 2. The predicted octanol–water partition coefficient (Wildman–Crippen LogP) is 2.75. The molecule has 2 heterocycles. The Balaban J connectivity index is 1.88. The Labute approximate surface area is 126 Å². The van der Waals surface area contributed by atoms with E-state index in [0.717, 1.165) is 17.1 Å². The third-order valence-corrected chi connectivity index (χ3v) is 4.95. The van der Waals surface area contributed by atoms with Crippen LogP contribution in [0.25, 0.3) is 0 Å². The fourth-order valence-electron chi connectivity index (χ4n) is 3.83. The van der Waals surface area contributed by atoms with Gasteiger partial charge in [-0.2, -0.15) is 0 Å². The first-order chi connectivity index (χ1) is 10.1. The molecule has 4 heteroatoms. The normalized spacial score (nSPS) is 33.1. The van der Waals surface area contributed by atoms with Crippen molar-refractivity contribution in [3.8, 4) is 11.5 Å². The van der Waals surface area contributed by atoms with Gasteiger partial charge in [-0.05, 0) is 44.9 Å². The molecule has 0 bridgehead atoms. The van der Waals surface area contributed by atoms with Gasteiger partial charge >= 0.3 is 0 Å². The van der Waals surface area contributed by atoms with E-state index in [2.05, 4.69) is 18.7 Å². The van der Waals surface area contributed by atoms with Crippen LogP contribution < -0.4 is 9.47 Å². The van der Waals surface area contributed by atoms with E-state index in [0.29, 0.717) is 18.7 Å². The molecule has 116 valence electrons. The van der Waals surface area contributed by atoms with E-state index in [1.165, 1.54) is 19.3 Å². The molecule has 4 atom stereocenters. The molecule has 0 aromatic heterocycles. The van der Waals surface area contributed by atoms with E-state index in [1.807, 2.05) is 18.2 Å². The van der Waals surface area contributed by atoms with Gasteiger partial charge in [-0.15, -0.1) is 0 Å². The second kappa shape index (κ2) is 5.85. The van der Waals surface area contributed by atoms with Crippen molar-refractivity contribution in [2.75, 3.05) is 13.7 Å². The van der Waals surface area contributed by atoms with Crippen LogP contribution in [-0.4, -0.2) is 41.8 Å². The van der Waals surface area contributed by atoms with Crippen LogP contribution in [0.1, 0.15) is 44.8 Å². The number of hydrogen-bond donors (Lipinski definition) is 1. The van der Waals surface area contributed by atoms with Crippen molar-refractivity contribution in [2.45, 2.75) is 57.3 Å². The molecule has 1 aromatic carbocycles. The van der Waals surface area contributed by atoms with Crippen molar-refractivity contribution >= 4 is 0 Å². The van der Waals surface area contributed by atoms with Crippen LogP contribution in [0.3, 0.4) is 0 Å². The minimum absolute atomic E-state index is 0.0231. The Kier molecular flexibility index (Phi) is 4.09. The SMILES string of the molecule is COc1ccc2c(c1)C(O)C(N1C(C)CCCC1C)CO2. The maximum absolute atomic E-state index is 10.9. The minimum Gasteiger partial charge on any atom is -0.497 e. The Hall–Kier alpha value is -1.26. The topological polar surface area (TPSA) is 41.9 Å². The lowest BCUT2D eigenvalue weighted by atomic mass is 9.90. The van der Waals surface area contributed by atoms with Gasteiger partial charge in [0.25, 0.3) is 0 Å². The number of aliphatic hydroxyl groups is 1. The number of hydrogen-bond acceptors (Lipinski definition) is 4. The molecule has 1 saturated heterocycles. The number of nitrogens with zero attached hydrogens (tertiary/aromatic N) is 1. The highest BCUT2D eigenvalue weighted by molar-refractivity contribution is 5.43. The fraction of sp³-hybridized carbons (Fsp3) is 0.647. The maximum Gasteiger partial charge on any atom is 0.125 e. The molecule has 1 fully saturated rings. The Bertz CT molecular complexity index is 495. The highest BCUT2D eigenvalue weighted by atomic mass is 16.5. The van der Waals surface area contributed by atoms with Crippen LogP contribution in [0.4, 0.5) is 0 Å². The number of likely N-dealkylation sites (tertiary alicyclic amines) is 1. The zero-order chi connectivity index (χ0) is 15.0. The standard InChI is InChI=1S/C17H25NO3/c1-11-5-4-6-12(2)18(11)15-10-21-16-8-7-13(20-3)9-14(16)17(15)19/h7-9,11-12,15,17,19H,4-6,10H2,1-3H3. The zero-order valence-corrected chi connectivity index (χ0v) is 13.1. The van der Waals surface area contributed by atoms with Crippen molar-refractivity contribution in [1.29, 1.82) is 0 Å². The molecule has 1 aromatic rings. The second-order valence-corrected chi connectivity index (χ2v) is 6.30. The summed E-state index contributed by atoms with van der Waals surface area (Å²) in [5.41, 5.74) is 0.843. The molecular formula is C17H25NO3. The van der Waals surface area contributed by atoms with E-state index in [-0.39, 0.29) is 6.04 Å². The summed E-state index contributed by atoms with van der Waals surface area (Å²) in [6.45, 7) is 5.06. The van der Waals surface area contributed by atoms with Crippen LogP contribution in [0.5, 0.6) is 11.5 Å². The Morgan fingerprint density at radius 2 is 1.95 bits per heavy atom. The van der Waals surface area contributed by atoms with E-state index in [9.17, 15) is 5.11 Å². The molecule has 0 saturated carbocycles. The summed E-state index contributed by atoms with van der Waals surface area (Å²) in [6.07, 6.45) is 3.14. The number of benzene rings is 1. The maximum atomic E-state index is 10.9. The van der Waals surface area contributed by atoms with Gasteiger partial charge in [0.1, 0.15) is 24.2 Å². The van der Waals surface area contributed by atoms with Crippen molar-refractivity contribution in [3.05, 3.63) is 23.8 Å². The largest absolute Gasteiger partial charge is 0.497 e. The fourth-order valence-corrected chi connectivity index (χ4v) is 3.83. The van der Waals surface area contributed by atoms with E-state index in [4.69, 9.17) is 9.47 Å². The number of ether oxygens (including phenoxy) is 2. The summed E-state index contributed by atoms with van der Waals surface area (Å²) in [5, 5.41) is 10.9. The molecule has 3 rings (SSSR count). The van der Waals surface area contributed by atoms with Gasteiger partial charge in [-0.1, -0.05) is 6.42 Å². The predicted molar refractivity (Wildman–Crippen MR) is 81.9 cm³/mol. The van der Waals surface area contributed by atoms with Gasteiger partial charge < -0.3 is 14.6 Å². The summed E-state index contributed by atoms with van der Waals surface area (Å²) < 4.78 is 11.2. The molecule has 2 aliphatic heterocycles. The number of fused-ring (bicyclic) bond motifs is 1. The van der Waals surface area contributed by atoms with Crippen LogP contribution in [0.2, 0.25) is 0 Å². The third-order valence-electron chi connectivity index (χ3n) is 4.95. The van der Waals surface area contributed by atoms with Crippen molar-refractivity contribution in [1.82, 2.24) is 4.90 Å². The number of aliphatic hydroxyl groups excluding tert-OH is 1. The Morgan fingerprint density at radius 1 is 1.24 bits per heavy atom. The molecule has 1 N–H and O–H groups in total. The summed E-state index contributed by atoms with van der Waals surface area (Å²) in [5.74, 6) is 1.54. The third kappa shape index (κ3) is 2.62. The first-order valence-electron chi connectivity index (χ1n) is 7.88. The van der Waals surface area contributed by atoms with Crippen molar-refractivity contribution in [2.24, 2.45) is 0 Å². The van der Waals surface area contributed by atoms with Gasteiger partial charge in [0.05, 0.1) is 13.2 Å². The van der Waals surface area contributed by atoms with Crippen LogP contribution in [0, 0.1) is 0 Å². The van der Waals surface area contributed by atoms with Crippen molar-refractivity contribution < 1.29 is 14.6 Å². The van der Waals surface area contributed by atoms with Crippen LogP contribution in [-0.2, 0) is 0 Å². The first-order valence-corrected chi connectivity index (χ1v) is 7.88. The molecule has 0 radical (unpaired) electrons. The quantitative estimate of drug-likeness (QED) is 0.910. The summed E-state index contributed by atoms with van der Waals surface area (Å²) in [4.78, 5) is 2.44. The highest BCUT2D eigenvalue weighted by Gasteiger charge is 2.39. The number of piperidine rings is 1. The smallest absolute Gasteiger partial charge is 0.125 e. The van der Waals surface area contributed by atoms with Gasteiger partial charge in [0.15, 0.2) is 0 Å². The minimum atomic E-state index is -0.521. The average Bonchev–Trinajstić information content (AvgIpc) is 2.49. The zero-order valence-electron chi connectivity index (χ0n) is 13.1.